The fourth-order valence-electron chi connectivity index (χ4n) is 2.44. The summed E-state index contributed by atoms with van der Waals surface area (Å²) >= 11 is 0. The molecule has 0 spiro atoms. The zero-order valence-electron chi connectivity index (χ0n) is 12.0. The lowest BCUT2D eigenvalue weighted by molar-refractivity contribution is -0.137. The van der Waals surface area contributed by atoms with Gasteiger partial charge in [-0.15, -0.1) is 0 Å². The second-order valence-corrected chi connectivity index (χ2v) is 5.43. The molecule has 0 aliphatic carbocycles. The summed E-state index contributed by atoms with van der Waals surface area (Å²) in [6.07, 6.45) is 15.4. The van der Waals surface area contributed by atoms with Gasteiger partial charge in [-0.05, 0) is 38.0 Å². The zero-order chi connectivity index (χ0) is 13.8. The maximum atomic E-state index is 10.3. The van der Waals surface area contributed by atoms with Gasteiger partial charge in [-0.25, -0.2) is 0 Å². The van der Waals surface area contributed by atoms with Crippen molar-refractivity contribution in [2.75, 3.05) is 13.2 Å². The molecule has 0 amide bonds. The van der Waals surface area contributed by atoms with Crippen LogP contribution in [-0.2, 0) is 9.53 Å². The first-order valence-corrected chi connectivity index (χ1v) is 7.75. The Hall–Kier alpha value is -0.830. The number of carbonyl (C=O) groups is 1. The van der Waals surface area contributed by atoms with Gasteiger partial charge in [-0.2, -0.15) is 0 Å². The van der Waals surface area contributed by atoms with Gasteiger partial charge in [0.1, 0.15) is 0 Å². The average molecular weight is 268 g/mol. The predicted molar refractivity (Wildman–Crippen MR) is 77.3 cm³/mol. The summed E-state index contributed by atoms with van der Waals surface area (Å²) in [5.41, 5.74) is 0. The molecule has 1 rings (SSSR count). The Balaban J connectivity index is 1.82. The number of unbranched alkanes of at least 4 members (excludes halogenated alkanes) is 6. The van der Waals surface area contributed by atoms with Crippen molar-refractivity contribution in [1.29, 1.82) is 0 Å². The van der Waals surface area contributed by atoms with E-state index in [4.69, 9.17) is 9.84 Å². The van der Waals surface area contributed by atoms with Gasteiger partial charge >= 0.3 is 5.97 Å². The molecule has 1 N–H and O–H groups in total. The van der Waals surface area contributed by atoms with Crippen LogP contribution in [-0.4, -0.2) is 24.3 Å². The largest absolute Gasteiger partial charge is 0.481 e. The normalized spacial score (nSPS) is 17.1. The Bertz CT molecular complexity index is 255. The van der Waals surface area contributed by atoms with E-state index in [1.54, 1.807) is 0 Å². The average Bonchev–Trinajstić information content (AvgIpc) is 2.42. The third kappa shape index (κ3) is 9.71. The standard InChI is InChI=1S/C16H28O3/c17-16(18)10-8-6-4-2-1-3-5-7-9-15-11-13-19-14-12-15/h7,9,15H,1-6,8,10-14H2,(H,17,18). The Labute approximate surface area is 117 Å². The summed E-state index contributed by atoms with van der Waals surface area (Å²) in [7, 11) is 0. The van der Waals surface area contributed by atoms with Crippen molar-refractivity contribution >= 4 is 5.97 Å². The van der Waals surface area contributed by atoms with Crippen molar-refractivity contribution in [3.63, 3.8) is 0 Å². The van der Waals surface area contributed by atoms with E-state index in [0.717, 1.165) is 32.0 Å². The predicted octanol–water partition coefficient (Wildman–Crippen LogP) is 4.17. The number of carboxylic acid groups (broad SMARTS) is 1. The lowest BCUT2D eigenvalue weighted by atomic mass is 9.99. The third-order valence-corrected chi connectivity index (χ3v) is 3.69. The maximum absolute atomic E-state index is 10.3. The lowest BCUT2D eigenvalue weighted by Gasteiger charge is -2.18. The molecule has 1 aliphatic rings. The van der Waals surface area contributed by atoms with Crippen molar-refractivity contribution in [1.82, 2.24) is 0 Å². The molecule has 0 aromatic heterocycles. The highest BCUT2D eigenvalue weighted by Crippen LogP contribution is 2.16. The minimum atomic E-state index is -0.668. The van der Waals surface area contributed by atoms with Crippen LogP contribution < -0.4 is 0 Å². The number of hydrogen-bond donors (Lipinski definition) is 1. The Morgan fingerprint density at radius 1 is 1.05 bits per heavy atom. The molecule has 1 heterocycles. The van der Waals surface area contributed by atoms with Gasteiger partial charge in [0.05, 0.1) is 0 Å². The monoisotopic (exact) mass is 268 g/mol. The van der Waals surface area contributed by atoms with Crippen LogP contribution in [0, 0.1) is 5.92 Å². The molecular weight excluding hydrogens is 240 g/mol. The number of rotatable bonds is 10. The van der Waals surface area contributed by atoms with Crippen LogP contribution in [0.2, 0.25) is 0 Å². The second-order valence-electron chi connectivity index (χ2n) is 5.43. The highest BCUT2D eigenvalue weighted by molar-refractivity contribution is 5.66. The second kappa shape index (κ2) is 11.0. The molecule has 0 radical (unpaired) electrons. The van der Waals surface area contributed by atoms with E-state index in [1.165, 1.54) is 44.9 Å². The quantitative estimate of drug-likeness (QED) is 0.477. The first-order chi connectivity index (χ1) is 9.29. The molecule has 0 atom stereocenters. The van der Waals surface area contributed by atoms with Crippen LogP contribution in [0.25, 0.3) is 0 Å². The Morgan fingerprint density at radius 2 is 1.68 bits per heavy atom. The Kier molecular flexibility index (Phi) is 9.42. The van der Waals surface area contributed by atoms with Crippen molar-refractivity contribution in [3.05, 3.63) is 12.2 Å². The van der Waals surface area contributed by atoms with E-state index in [0.29, 0.717) is 6.42 Å². The van der Waals surface area contributed by atoms with Gasteiger partial charge in [-0.1, -0.05) is 37.8 Å². The first-order valence-electron chi connectivity index (χ1n) is 7.75. The molecule has 1 aliphatic heterocycles. The highest BCUT2D eigenvalue weighted by Gasteiger charge is 2.09. The minimum absolute atomic E-state index is 0.327. The molecule has 0 bridgehead atoms. The van der Waals surface area contributed by atoms with Gasteiger partial charge in [-0.3, -0.25) is 4.79 Å². The van der Waals surface area contributed by atoms with E-state index in [1.807, 2.05) is 0 Å². The fraction of sp³-hybridized carbons (Fsp3) is 0.812. The van der Waals surface area contributed by atoms with Gasteiger partial charge in [0, 0.05) is 19.6 Å². The number of carboxylic acids is 1. The van der Waals surface area contributed by atoms with Crippen LogP contribution in [0.4, 0.5) is 0 Å². The smallest absolute Gasteiger partial charge is 0.303 e. The van der Waals surface area contributed by atoms with E-state index in [2.05, 4.69) is 12.2 Å². The molecule has 19 heavy (non-hydrogen) atoms. The molecule has 3 heteroatoms. The molecule has 1 fully saturated rings. The molecule has 0 saturated carbocycles. The van der Waals surface area contributed by atoms with Crippen molar-refractivity contribution in [2.24, 2.45) is 5.92 Å². The summed E-state index contributed by atoms with van der Waals surface area (Å²) in [5.74, 6) is 0.0722. The van der Waals surface area contributed by atoms with Crippen LogP contribution >= 0.6 is 0 Å². The van der Waals surface area contributed by atoms with Crippen LogP contribution in [0.5, 0.6) is 0 Å². The summed E-state index contributed by atoms with van der Waals surface area (Å²) in [6.45, 7) is 1.84. The summed E-state index contributed by atoms with van der Waals surface area (Å²) in [6, 6.07) is 0. The van der Waals surface area contributed by atoms with Crippen molar-refractivity contribution < 1.29 is 14.6 Å². The van der Waals surface area contributed by atoms with Gasteiger partial charge in [0.2, 0.25) is 0 Å². The van der Waals surface area contributed by atoms with E-state index < -0.39 is 5.97 Å². The molecule has 0 unspecified atom stereocenters. The van der Waals surface area contributed by atoms with E-state index in [9.17, 15) is 4.79 Å². The molecule has 110 valence electrons. The van der Waals surface area contributed by atoms with Crippen molar-refractivity contribution in [3.8, 4) is 0 Å². The van der Waals surface area contributed by atoms with Gasteiger partial charge in [0.15, 0.2) is 0 Å². The van der Waals surface area contributed by atoms with Crippen LogP contribution in [0.1, 0.15) is 64.2 Å². The number of ether oxygens (including phenoxy) is 1. The fourth-order valence-corrected chi connectivity index (χ4v) is 2.44. The SMILES string of the molecule is O=C(O)CCCCCCCCC=CC1CCOCC1. The zero-order valence-corrected chi connectivity index (χ0v) is 12.0. The van der Waals surface area contributed by atoms with Gasteiger partial charge < -0.3 is 9.84 Å². The molecule has 0 aromatic rings. The molecule has 3 nitrogen and oxygen atoms in total. The van der Waals surface area contributed by atoms with Crippen LogP contribution in [0.15, 0.2) is 12.2 Å². The topological polar surface area (TPSA) is 46.5 Å². The van der Waals surface area contributed by atoms with E-state index >= 15 is 0 Å². The lowest BCUT2D eigenvalue weighted by Crippen LogP contribution is -2.13. The van der Waals surface area contributed by atoms with Gasteiger partial charge in [0.25, 0.3) is 0 Å². The third-order valence-electron chi connectivity index (χ3n) is 3.69. The molecular formula is C16H28O3. The summed E-state index contributed by atoms with van der Waals surface area (Å²) < 4.78 is 5.34. The number of aliphatic carboxylic acids is 1. The molecule has 1 saturated heterocycles. The van der Waals surface area contributed by atoms with Crippen LogP contribution in [0.3, 0.4) is 0 Å². The molecule has 0 aromatic carbocycles. The summed E-state index contributed by atoms with van der Waals surface area (Å²) in [4.78, 5) is 10.3. The highest BCUT2D eigenvalue weighted by atomic mass is 16.5. The van der Waals surface area contributed by atoms with E-state index in [-0.39, 0.29) is 0 Å². The Morgan fingerprint density at radius 3 is 2.37 bits per heavy atom. The minimum Gasteiger partial charge on any atom is -0.481 e. The first kappa shape index (κ1) is 16.2. The number of hydrogen-bond acceptors (Lipinski definition) is 2. The number of allylic oxidation sites excluding steroid dienone is 2. The maximum Gasteiger partial charge on any atom is 0.303 e. The summed E-state index contributed by atoms with van der Waals surface area (Å²) in [5, 5.41) is 8.51. The van der Waals surface area contributed by atoms with Crippen molar-refractivity contribution in [2.45, 2.75) is 64.2 Å².